The number of hydrogen-bond donors (Lipinski definition) is 1. The van der Waals surface area contributed by atoms with Gasteiger partial charge < -0.3 is 5.32 Å². The Bertz CT molecular complexity index is 488. The van der Waals surface area contributed by atoms with Gasteiger partial charge in [-0.1, -0.05) is 6.42 Å². The second-order valence-electron chi connectivity index (χ2n) is 6.40. The van der Waals surface area contributed by atoms with Crippen molar-refractivity contribution in [3.63, 3.8) is 0 Å². The Kier molecular flexibility index (Phi) is 4.81. The van der Waals surface area contributed by atoms with Gasteiger partial charge in [-0.15, -0.1) is 0 Å². The Morgan fingerprint density at radius 1 is 1.19 bits per heavy atom. The number of thioether (sulfide) groups is 1. The van der Waals surface area contributed by atoms with Gasteiger partial charge in [0.2, 0.25) is 15.9 Å². The quantitative estimate of drug-likeness (QED) is 0.813. The summed E-state index contributed by atoms with van der Waals surface area (Å²) < 4.78 is 25.9. The lowest BCUT2D eigenvalue weighted by Gasteiger charge is -2.26. The first kappa shape index (κ1) is 15.6. The highest BCUT2D eigenvalue weighted by Crippen LogP contribution is 2.48. The van der Waals surface area contributed by atoms with E-state index in [1.807, 2.05) is 0 Å². The van der Waals surface area contributed by atoms with Crippen molar-refractivity contribution in [2.24, 2.45) is 17.8 Å². The summed E-state index contributed by atoms with van der Waals surface area (Å²) in [5, 5.41) is 2.85. The summed E-state index contributed by atoms with van der Waals surface area (Å²) in [4.78, 5) is 12.2. The molecular formula is C14H24N2O3S2. The topological polar surface area (TPSA) is 66.5 Å². The van der Waals surface area contributed by atoms with E-state index < -0.39 is 10.0 Å². The molecule has 0 aromatic heterocycles. The lowest BCUT2D eigenvalue weighted by molar-refractivity contribution is -0.126. The van der Waals surface area contributed by atoms with Crippen LogP contribution in [-0.4, -0.2) is 55.5 Å². The van der Waals surface area contributed by atoms with Crippen LogP contribution in [0.4, 0.5) is 0 Å². The zero-order valence-corrected chi connectivity index (χ0v) is 13.9. The summed E-state index contributed by atoms with van der Waals surface area (Å²) in [6, 6.07) is 0. The van der Waals surface area contributed by atoms with Gasteiger partial charge in [0, 0.05) is 37.1 Å². The standard InChI is InChI=1S/C14H24N2O3S2/c17-14(13-10-11-1-2-12(13)9-11)15-3-8-21(18,19)16-4-6-20-7-5-16/h11-13H,1-10H2,(H,15,17)/t11-,12-,13-/m0/s1. The minimum atomic E-state index is -3.21. The first-order chi connectivity index (χ1) is 10.1. The van der Waals surface area contributed by atoms with Gasteiger partial charge in [-0.3, -0.25) is 4.79 Å². The van der Waals surface area contributed by atoms with Gasteiger partial charge in [0.15, 0.2) is 0 Å². The van der Waals surface area contributed by atoms with E-state index in [0.717, 1.165) is 23.8 Å². The van der Waals surface area contributed by atoms with Gasteiger partial charge >= 0.3 is 0 Å². The highest BCUT2D eigenvalue weighted by Gasteiger charge is 2.42. The molecule has 2 bridgehead atoms. The smallest absolute Gasteiger partial charge is 0.223 e. The lowest BCUT2D eigenvalue weighted by atomic mass is 9.88. The van der Waals surface area contributed by atoms with Gasteiger partial charge in [0.05, 0.1) is 5.75 Å². The molecule has 7 heteroatoms. The SMILES string of the molecule is O=C(NCCS(=O)(=O)N1CCSCC1)[C@H]1C[C@H]2CC[C@H]1C2. The molecule has 2 aliphatic carbocycles. The molecule has 0 radical (unpaired) electrons. The summed E-state index contributed by atoms with van der Waals surface area (Å²) in [6.07, 6.45) is 4.65. The number of nitrogens with zero attached hydrogens (tertiary/aromatic N) is 1. The summed E-state index contributed by atoms with van der Waals surface area (Å²) in [6.45, 7) is 1.46. The largest absolute Gasteiger partial charge is 0.355 e. The summed E-state index contributed by atoms with van der Waals surface area (Å²) >= 11 is 1.79. The van der Waals surface area contributed by atoms with Crippen LogP contribution in [0.3, 0.4) is 0 Å². The highest BCUT2D eigenvalue weighted by molar-refractivity contribution is 7.99. The fourth-order valence-corrected chi connectivity index (χ4v) is 6.45. The van der Waals surface area contributed by atoms with Crippen LogP contribution in [0.15, 0.2) is 0 Å². The van der Waals surface area contributed by atoms with Crippen molar-refractivity contribution in [2.45, 2.75) is 25.7 Å². The van der Waals surface area contributed by atoms with Crippen molar-refractivity contribution in [1.82, 2.24) is 9.62 Å². The normalized spacial score (nSPS) is 33.2. The maximum Gasteiger partial charge on any atom is 0.223 e. The molecule has 1 saturated heterocycles. The number of amides is 1. The molecule has 120 valence electrons. The van der Waals surface area contributed by atoms with Crippen molar-refractivity contribution >= 4 is 27.7 Å². The van der Waals surface area contributed by atoms with Crippen LogP contribution in [-0.2, 0) is 14.8 Å². The third-order valence-electron chi connectivity index (χ3n) is 5.10. The van der Waals surface area contributed by atoms with Crippen LogP contribution >= 0.6 is 11.8 Å². The Morgan fingerprint density at radius 2 is 1.95 bits per heavy atom. The molecule has 3 rings (SSSR count). The fraction of sp³-hybridized carbons (Fsp3) is 0.929. The van der Waals surface area contributed by atoms with E-state index in [9.17, 15) is 13.2 Å². The third kappa shape index (κ3) is 3.56. The Labute approximate surface area is 131 Å². The minimum Gasteiger partial charge on any atom is -0.355 e. The van der Waals surface area contributed by atoms with Crippen molar-refractivity contribution in [3.05, 3.63) is 0 Å². The van der Waals surface area contributed by atoms with E-state index in [1.165, 1.54) is 19.3 Å². The Hall–Kier alpha value is -0.270. The van der Waals surface area contributed by atoms with Crippen molar-refractivity contribution in [1.29, 1.82) is 0 Å². The van der Waals surface area contributed by atoms with E-state index in [1.54, 1.807) is 16.1 Å². The average Bonchev–Trinajstić information content (AvgIpc) is 3.10. The van der Waals surface area contributed by atoms with Gasteiger partial charge in [-0.05, 0) is 31.1 Å². The number of sulfonamides is 1. The minimum absolute atomic E-state index is 0.0320. The molecule has 5 nitrogen and oxygen atoms in total. The highest BCUT2D eigenvalue weighted by atomic mass is 32.2. The first-order valence-electron chi connectivity index (χ1n) is 7.89. The monoisotopic (exact) mass is 332 g/mol. The van der Waals surface area contributed by atoms with E-state index in [2.05, 4.69) is 5.32 Å². The average molecular weight is 332 g/mol. The second-order valence-corrected chi connectivity index (χ2v) is 9.71. The van der Waals surface area contributed by atoms with Crippen LogP contribution in [0.2, 0.25) is 0 Å². The van der Waals surface area contributed by atoms with E-state index in [4.69, 9.17) is 0 Å². The molecule has 1 N–H and O–H groups in total. The van der Waals surface area contributed by atoms with Crippen molar-refractivity contribution < 1.29 is 13.2 Å². The predicted molar refractivity (Wildman–Crippen MR) is 84.6 cm³/mol. The second kappa shape index (κ2) is 6.46. The maximum atomic E-state index is 12.2. The van der Waals surface area contributed by atoms with Crippen LogP contribution < -0.4 is 5.32 Å². The van der Waals surface area contributed by atoms with Gasteiger partial charge in [-0.2, -0.15) is 11.8 Å². The first-order valence-corrected chi connectivity index (χ1v) is 10.7. The van der Waals surface area contributed by atoms with Crippen LogP contribution in [0.25, 0.3) is 0 Å². The summed E-state index contributed by atoms with van der Waals surface area (Å²) in [5.74, 6) is 3.27. The van der Waals surface area contributed by atoms with Crippen LogP contribution in [0.5, 0.6) is 0 Å². The number of carbonyl (C=O) groups is 1. The number of nitrogens with one attached hydrogen (secondary N) is 1. The van der Waals surface area contributed by atoms with E-state index in [-0.39, 0.29) is 24.1 Å². The van der Waals surface area contributed by atoms with Crippen molar-refractivity contribution in [3.8, 4) is 0 Å². The fourth-order valence-electron chi connectivity index (χ4n) is 3.95. The molecular weight excluding hydrogens is 308 g/mol. The van der Waals surface area contributed by atoms with Gasteiger partial charge in [0.1, 0.15) is 0 Å². The number of carbonyl (C=O) groups excluding carboxylic acids is 1. The molecule has 2 saturated carbocycles. The molecule has 0 aromatic carbocycles. The molecule has 1 aliphatic heterocycles. The Morgan fingerprint density at radius 3 is 2.57 bits per heavy atom. The number of fused-ring (bicyclic) bond motifs is 2. The zero-order chi connectivity index (χ0) is 14.9. The van der Waals surface area contributed by atoms with Crippen LogP contribution in [0.1, 0.15) is 25.7 Å². The summed E-state index contributed by atoms with van der Waals surface area (Å²) in [5.41, 5.74) is 0. The zero-order valence-electron chi connectivity index (χ0n) is 12.3. The lowest BCUT2D eigenvalue weighted by Crippen LogP contribution is -2.43. The molecule has 3 aliphatic rings. The van der Waals surface area contributed by atoms with Gasteiger partial charge in [-0.25, -0.2) is 12.7 Å². The molecule has 21 heavy (non-hydrogen) atoms. The van der Waals surface area contributed by atoms with E-state index in [0.29, 0.717) is 19.0 Å². The molecule has 0 spiro atoms. The van der Waals surface area contributed by atoms with Crippen molar-refractivity contribution in [2.75, 3.05) is 36.9 Å². The number of rotatable bonds is 5. The molecule has 0 unspecified atom stereocenters. The molecule has 0 aromatic rings. The maximum absolute atomic E-state index is 12.2. The molecule has 3 atom stereocenters. The molecule has 1 heterocycles. The summed E-state index contributed by atoms with van der Waals surface area (Å²) in [7, 11) is -3.21. The molecule has 1 amide bonds. The predicted octanol–water partition coefficient (Wildman–Crippen LogP) is 0.917. The number of hydrogen-bond acceptors (Lipinski definition) is 4. The molecule has 3 fully saturated rings. The third-order valence-corrected chi connectivity index (χ3v) is 7.91. The van der Waals surface area contributed by atoms with Crippen LogP contribution in [0, 0.1) is 17.8 Å². The van der Waals surface area contributed by atoms with Gasteiger partial charge in [0.25, 0.3) is 0 Å². The van der Waals surface area contributed by atoms with E-state index >= 15 is 0 Å². The Balaban J connectivity index is 1.44.